The van der Waals surface area contributed by atoms with Crippen molar-refractivity contribution < 1.29 is 14.7 Å². The molecular formula is C15H24N2O3. The third-order valence-electron chi connectivity index (χ3n) is 5.30. The number of fused-ring (bicyclic) bond motifs is 2. The van der Waals surface area contributed by atoms with E-state index in [1.807, 2.05) is 0 Å². The predicted octanol–water partition coefficient (Wildman–Crippen LogP) is 1.28. The second-order valence-corrected chi connectivity index (χ2v) is 6.59. The Morgan fingerprint density at radius 3 is 2.45 bits per heavy atom. The first-order valence-corrected chi connectivity index (χ1v) is 7.94. The largest absolute Gasteiger partial charge is 0.481 e. The molecule has 3 rings (SSSR count). The van der Waals surface area contributed by atoms with Crippen LogP contribution in [0.15, 0.2) is 0 Å². The maximum absolute atomic E-state index is 12.4. The Bertz CT molecular complexity index is 399. The summed E-state index contributed by atoms with van der Waals surface area (Å²) in [5, 5.41) is 15.9. The molecule has 3 fully saturated rings. The molecule has 1 saturated carbocycles. The molecule has 0 aromatic carbocycles. The molecule has 3 N–H and O–H groups in total. The summed E-state index contributed by atoms with van der Waals surface area (Å²) in [6.07, 6.45) is 7.72. The van der Waals surface area contributed by atoms with E-state index < -0.39 is 11.9 Å². The number of hydrogen-bond acceptors (Lipinski definition) is 3. The summed E-state index contributed by atoms with van der Waals surface area (Å²) >= 11 is 0. The number of rotatable bonds is 3. The van der Waals surface area contributed by atoms with Crippen LogP contribution in [0.25, 0.3) is 0 Å². The monoisotopic (exact) mass is 280 g/mol. The molecule has 2 heterocycles. The first-order valence-electron chi connectivity index (χ1n) is 7.94. The molecular weight excluding hydrogens is 256 g/mol. The zero-order valence-electron chi connectivity index (χ0n) is 11.8. The van der Waals surface area contributed by atoms with Crippen LogP contribution in [0.1, 0.15) is 51.4 Å². The summed E-state index contributed by atoms with van der Waals surface area (Å²) in [7, 11) is 0. The summed E-state index contributed by atoms with van der Waals surface area (Å²) in [5.74, 6) is -1.05. The van der Waals surface area contributed by atoms with E-state index in [9.17, 15) is 14.7 Å². The van der Waals surface area contributed by atoms with Gasteiger partial charge < -0.3 is 15.7 Å². The number of amides is 1. The first kappa shape index (κ1) is 13.9. The molecule has 2 saturated heterocycles. The number of carboxylic acid groups (broad SMARTS) is 1. The highest BCUT2D eigenvalue weighted by Crippen LogP contribution is 2.34. The normalized spacial score (nSPS) is 40.3. The minimum Gasteiger partial charge on any atom is -0.481 e. The van der Waals surface area contributed by atoms with Crippen molar-refractivity contribution in [1.29, 1.82) is 0 Å². The molecule has 5 unspecified atom stereocenters. The van der Waals surface area contributed by atoms with Gasteiger partial charge in [-0.2, -0.15) is 0 Å². The number of hydrogen-bond donors (Lipinski definition) is 3. The van der Waals surface area contributed by atoms with Gasteiger partial charge in [0.25, 0.3) is 0 Å². The van der Waals surface area contributed by atoms with Crippen molar-refractivity contribution in [3.8, 4) is 0 Å². The van der Waals surface area contributed by atoms with Crippen molar-refractivity contribution in [1.82, 2.24) is 10.6 Å². The number of aliphatic carboxylic acids is 1. The SMILES string of the molecule is O=C(O)C1CCCCCC1NC(=O)C1CC2CCC1N2. The number of carbonyl (C=O) groups excluding carboxylic acids is 1. The number of carbonyl (C=O) groups is 2. The molecule has 5 atom stereocenters. The van der Waals surface area contributed by atoms with Gasteiger partial charge in [0, 0.05) is 18.1 Å². The van der Waals surface area contributed by atoms with E-state index in [0.717, 1.165) is 38.5 Å². The van der Waals surface area contributed by atoms with Crippen LogP contribution < -0.4 is 10.6 Å². The number of nitrogens with one attached hydrogen (secondary N) is 2. The van der Waals surface area contributed by atoms with Crippen molar-refractivity contribution in [2.24, 2.45) is 11.8 Å². The summed E-state index contributed by atoms with van der Waals surface area (Å²) in [4.78, 5) is 23.8. The fourth-order valence-electron chi connectivity index (χ4n) is 4.18. The Balaban J connectivity index is 1.62. The average molecular weight is 280 g/mol. The van der Waals surface area contributed by atoms with E-state index in [0.29, 0.717) is 18.5 Å². The molecule has 0 radical (unpaired) electrons. The molecule has 5 nitrogen and oxygen atoms in total. The van der Waals surface area contributed by atoms with Gasteiger partial charge in [-0.1, -0.05) is 19.3 Å². The lowest BCUT2D eigenvalue weighted by molar-refractivity contribution is -0.143. The molecule has 2 aliphatic heterocycles. The van der Waals surface area contributed by atoms with Crippen LogP contribution >= 0.6 is 0 Å². The molecule has 0 spiro atoms. The molecule has 112 valence electrons. The highest BCUT2D eigenvalue weighted by molar-refractivity contribution is 5.81. The van der Waals surface area contributed by atoms with Crippen LogP contribution in [-0.4, -0.2) is 35.1 Å². The number of carboxylic acids is 1. The molecule has 1 aliphatic carbocycles. The zero-order valence-corrected chi connectivity index (χ0v) is 11.8. The lowest BCUT2D eigenvalue weighted by Crippen LogP contribution is -2.47. The van der Waals surface area contributed by atoms with Crippen LogP contribution in [0.3, 0.4) is 0 Å². The molecule has 0 aromatic rings. The van der Waals surface area contributed by atoms with Gasteiger partial charge in [0.2, 0.25) is 5.91 Å². The Hall–Kier alpha value is -1.10. The fraction of sp³-hybridized carbons (Fsp3) is 0.867. The minimum absolute atomic E-state index is 0.0476. The third kappa shape index (κ3) is 2.68. The quantitative estimate of drug-likeness (QED) is 0.680. The van der Waals surface area contributed by atoms with Gasteiger partial charge in [0.15, 0.2) is 0 Å². The molecule has 1 amide bonds. The minimum atomic E-state index is -0.761. The maximum Gasteiger partial charge on any atom is 0.308 e. The Kier molecular flexibility index (Phi) is 3.96. The Labute approximate surface area is 119 Å². The van der Waals surface area contributed by atoms with E-state index in [1.54, 1.807) is 0 Å². The second-order valence-electron chi connectivity index (χ2n) is 6.59. The summed E-state index contributed by atoms with van der Waals surface area (Å²) < 4.78 is 0. The van der Waals surface area contributed by atoms with Gasteiger partial charge in [-0.25, -0.2) is 0 Å². The smallest absolute Gasteiger partial charge is 0.308 e. The van der Waals surface area contributed by atoms with E-state index >= 15 is 0 Å². The van der Waals surface area contributed by atoms with Crippen molar-refractivity contribution in [2.45, 2.75) is 69.5 Å². The van der Waals surface area contributed by atoms with Gasteiger partial charge in [0.05, 0.1) is 11.8 Å². The zero-order chi connectivity index (χ0) is 14.1. The summed E-state index contributed by atoms with van der Waals surface area (Å²) in [5.41, 5.74) is 0. The molecule has 20 heavy (non-hydrogen) atoms. The van der Waals surface area contributed by atoms with E-state index in [4.69, 9.17) is 0 Å². The predicted molar refractivity (Wildman–Crippen MR) is 74.2 cm³/mol. The second kappa shape index (κ2) is 5.72. The van der Waals surface area contributed by atoms with Crippen LogP contribution in [0.4, 0.5) is 0 Å². The topological polar surface area (TPSA) is 78.4 Å². The van der Waals surface area contributed by atoms with E-state index in [1.165, 1.54) is 6.42 Å². The Morgan fingerprint density at radius 2 is 1.80 bits per heavy atom. The molecule has 5 heteroatoms. The maximum atomic E-state index is 12.4. The first-order chi connectivity index (χ1) is 9.65. The van der Waals surface area contributed by atoms with Gasteiger partial charge in [-0.05, 0) is 32.1 Å². The van der Waals surface area contributed by atoms with Gasteiger partial charge in [0.1, 0.15) is 0 Å². The highest BCUT2D eigenvalue weighted by Gasteiger charge is 2.43. The van der Waals surface area contributed by atoms with Gasteiger partial charge in [-0.3, -0.25) is 9.59 Å². The van der Waals surface area contributed by atoms with Gasteiger partial charge in [-0.15, -0.1) is 0 Å². The Morgan fingerprint density at radius 1 is 1.00 bits per heavy atom. The highest BCUT2D eigenvalue weighted by atomic mass is 16.4. The van der Waals surface area contributed by atoms with Gasteiger partial charge >= 0.3 is 5.97 Å². The van der Waals surface area contributed by atoms with Crippen molar-refractivity contribution in [3.63, 3.8) is 0 Å². The third-order valence-corrected chi connectivity index (χ3v) is 5.30. The van der Waals surface area contributed by atoms with E-state index in [-0.39, 0.29) is 17.9 Å². The van der Waals surface area contributed by atoms with Crippen molar-refractivity contribution in [3.05, 3.63) is 0 Å². The van der Waals surface area contributed by atoms with Crippen molar-refractivity contribution >= 4 is 11.9 Å². The molecule has 0 aromatic heterocycles. The lowest BCUT2D eigenvalue weighted by atomic mass is 9.87. The fourth-order valence-corrected chi connectivity index (χ4v) is 4.18. The van der Waals surface area contributed by atoms with Crippen LogP contribution in [-0.2, 0) is 9.59 Å². The average Bonchev–Trinajstić information content (AvgIpc) is 2.97. The summed E-state index contributed by atoms with van der Waals surface area (Å²) in [6, 6.07) is 0.635. The summed E-state index contributed by atoms with van der Waals surface area (Å²) in [6.45, 7) is 0. The molecule has 2 bridgehead atoms. The van der Waals surface area contributed by atoms with E-state index in [2.05, 4.69) is 10.6 Å². The van der Waals surface area contributed by atoms with Crippen LogP contribution in [0.2, 0.25) is 0 Å². The standard InChI is InChI=1S/C15H24N2O3/c18-14(11-8-9-6-7-13(11)16-9)17-12-5-3-1-2-4-10(12)15(19)20/h9-13,16H,1-8H2,(H,17,18)(H,19,20). The lowest BCUT2D eigenvalue weighted by Gasteiger charge is -2.26. The van der Waals surface area contributed by atoms with Crippen LogP contribution in [0.5, 0.6) is 0 Å². The molecule has 3 aliphatic rings. The van der Waals surface area contributed by atoms with Crippen molar-refractivity contribution in [2.75, 3.05) is 0 Å². The van der Waals surface area contributed by atoms with Crippen LogP contribution in [0, 0.1) is 11.8 Å².